The van der Waals surface area contributed by atoms with Gasteiger partial charge in [-0.1, -0.05) is 30.3 Å². The van der Waals surface area contributed by atoms with Crippen LogP contribution in [0.15, 0.2) is 42.7 Å². The minimum Gasteiger partial charge on any atom is -0.395 e. The smallest absolute Gasteiger partial charge is 0.274 e. The third-order valence-electron chi connectivity index (χ3n) is 3.17. The van der Waals surface area contributed by atoms with Gasteiger partial charge in [0.05, 0.1) is 18.5 Å². The Labute approximate surface area is 124 Å². The molecular formula is C16H19N3O2. The molecule has 2 rings (SSSR count). The third kappa shape index (κ3) is 4.36. The summed E-state index contributed by atoms with van der Waals surface area (Å²) in [7, 11) is 0. The quantitative estimate of drug-likeness (QED) is 0.872. The molecule has 5 heteroatoms. The van der Waals surface area contributed by atoms with Crippen molar-refractivity contribution in [2.24, 2.45) is 0 Å². The van der Waals surface area contributed by atoms with Crippen LogP contribution in [0, 0.1) is 6.92 Å². The average Bonchev–Trinajstić information content (AvgIpc) is 2.52. The molecule has 0 aliphatic rings. The Bertz CT molecular complexity index is 570. The molecule has 1 aromatic heterocycles. The molecule has 0 radical (unpaired) electrons. The number of benzene rings is 1. The molecular weight excluding hydrogens is 266 g/mol. The lowest BCUT2D eigenvalue weighted by atomic mass is 10.1. The standard InChI is InChI=1S/C16H19N3O2/c1-13-11-18-15(12-17-13)16(21)19(9-10-20)8-7-14-5-3-2-4-6-14/h2-6,11-12,20H,7-10H2,1H3. The second-order valence-corrected chi connectivity index (χ2v) is 4.79. The van der Waals surface area contributed by atoms with E-state index < -0.39 is 0 Å². The topological polar surface area (TPSA) is 66.3 Å². The summed E-state index contributed by atoms with van der Waals surface area (Å²) < 4.78 is 0. The van der Waals surface area contributed by atoms with Crippen LogP contribution in [0.2, 0.25) is 0 Å². The summed E-state index contributed by atoms with van der Waals surface area (Å²) in [5.74, 6) is -0.201. The SMILES string of the molecule is Cc1cnc(C(=O)N(CCO)CCc2ccccc2)cn1. The number of aliphatic hydroxyl groups excluding tert-OH is 1. The van der Waals surface area contributed by atoms with Gasteiger partial charge in [0, 0.05) is 19.3 Å². The molecule has 0 saturated heterocycles. The third-order valence-corrected chi connectivity index (χ3v) is 3.17. The highest BCUT2D eigenvalue weighted by Gasteiger charge is 2.16. The molecule has 0 saturated carbocycles. The zero-order valence-electron chi connectivity index (χ0n) is 12.1. The molecule has 2 aromatic rings. The molecule has 0 spiro atoms. The van der Waals surface area contributed by atoms with Crippen LogP contribution in [0.25, 0.3) is 0 Å². The minimum atomic E-state index is -0.201. The molecule has 1 aromatic carbocycles. The van der Waals surface area contributed by atoms with Gasteiger partial charge < -0.3 is 10.0 Å². The fourth-order valence-electron chi connectivity index (χ4n) is 2.01. The summed E-state index contributed by atoms with van der Waals surface area (Å²) in [4.78, 5) is 22.2. The predicted molar refractivity (Wildman–Crippen MR) is 79.9 cm³/mol. The van der Waals surface area contributed by atoms with Crippen LogP contribution in [0.4, 0.5) is 0 Å². The summed E-state index contributed by atoms with van der Waals surface area (Å²) in [5.41, 5.74) is 2.23. The molecule has 110 valence electrons. The molecule has 1 N–H and O–H groups in total. The number of carbonyl (C=O) groups excluding carboxylic acids is 1. The molecule has 0 atom stereocenters. The Morgan fingerprint density at radius 3 is 2.52 bits per heavy atom. The van der Waals surface area contributed by atoms with E-state index in [9.17, 15) is 4.79 Å². The van der Waals surface area contributed by atoms with E-state index in [-0.39, 0.29) is 12.5 Å². The Kier molecular flexibility index (Phi) is 5.40. The van der Waals surface area contributed by atoms with Crippen molar-refractivity contribution in [1.29, 1.82) is 0 Å². The number of nitrogens with zero attached hydrogens (tertiary/aromatic N) is 3. The lowest BCUT2D eigenvalue weighted by molar-refractivity contribution is 0.0717. The molecule has 0 unspecified atom stereocenters. The van der Waals surface area contributed by atoms with E-state index in [1.807, 2.05) is 37.3 Å². The van der Waals surface area contributed by atoms with Crippen LogP contribution < -0.4 is 0 Å². The highest BCUT2D eigenvalue weighted by Crippen LogP contribution is 2.05. The second-order valence-electron chi connectivity index (χ2n) is 4.79. The maximum absolute atomic E-state index is 12.4. The van der Waals surface area contributed by atoms with Crippen molar-refractivity contribution >= 4 is 5.91 Å². The first-order chi connectivity index (χ1) is 10.2. The van der Waals surface area contributed by atoms with Crippen LogP contribution in [0.1, 0.15) is 21.7 Å². The van der Waals surface area contributed by atoms with Crippen LogP contribution in [0.3, 0.4) is 0 Å². The number of hydrogen-bond acceptors (Lipinski definition) is 4. The van der Waals surface area contributed by atoms with E-state index in [2.05, 4.69) is 9.97 Å². The van der Waals surface area contributed by atoms with Gasteiger partial charge in [0.2, 0.25) is 0 Å². The second kappa shape index (κ2) is 7.50. The Balaban J connectivity index is 2.03. The molecule has 0 aliphatic heterocycles. The fraction of sp³-hybridized carbons (Fsp3) is 0.312. The Hall–Kier alpha value is -2.27. The monoisotopic (exact) mass is 285 g/mol. The average molecular weight is 285 g/mol. The van der Waals surface area contributed by atoms with Crippen LogP contribution in [0.5, 0.6) is 0 Å². The van der Waals surface area contributed by atoms with Crippen molar-refractivity contribution in [2.45, 2.75) is 13.3 Å². The van der Waals surface area contributed by atoms with Gasteiger partial charge in [-0.05, 0) is 18.9 Å². The Morgan fingerprint density at radius 2 is 1.90 bits per heavy atom. The predicted octanol–water partition coefficient (Wildman–Crippen LogP) is 1.46. The van der Waals surface area contributed by atoms with Gasteiger partial charge in [0.25, 0.3) is 5.91 Å². The normalized spacial score (nSPS) is 10.4. The van der Waals surface area contributed by atoms with Crippen LogP contribution in [-0.2, 0) is 6.42 Å². The summed E-state index contributed by atoms with van der Waals surface area (Å²) >= 11 is 0. The first kappa shape index (κ1) is 15.1. The van der Waals surface area contributed by atoms with E-state index in [0.29, 0.717) is 18.8 Å². The zero-order valence-corrected chi connectivity index (χ0v) is 12.1. The largest absolute Gasteiger partial charge is 0.395 e. The van der Waals surface area contributed by atoms with Gasteiger partial charge in [0.15, 0.2) is 0 Å². The first-order valence-electron chi connectivity index (χ1n) is 6.93. The van der Waals surface area contributed by atoms with Crippen molar-refractivity contribution in [1.82, 2.24) is 14.9 Å². The van der Waals surface area contributed by atoms with Gasteiger partial charge in [-0.3, -0.25) is 9.78 Å². The maximum Gasteiger partial charge on any atom is 0.274 e. The van der Waals surface area contributed by atoms with E-state index in [1.54, 1.807) is 11.1 Å². The summed E-state index contributed by atoms with van der Waals surface area (Å²) in [5, 5.41) is 9.14. The highest BCUT2D eigenvalue weighted by atomic mass is 16.3. The molecule has 0 bridgehead atoms. The molecule has 1 heterocycles. The Morgan fingerprint density at radius 1 is 1.14 bits per heavy atom. The number of carbonyl (C=O) groups is 1. The van der Waals surface area contributed by atoms with Crippen molar-refractivity contribution in [3.05, 3.63) is 59.7 Å². The van der Waals surface area contributed by atoms with Gasteiger partial charge in [-0.15, -0.1) is 0 Å². The van der Waals surface area contributed by atoms with E-state index in [1.165, 1.54) is 6.20 Å². The summed E-state index contributed by atoms with van der Waals surface area (Å²) in [6.07, 6.45) is 3.79. The van der Waals surface area contributed by atoms with Crippen molar-refractivity contribution in [3.8, 4) is 0 Å². The van der Waals surface area contributed by atoms with Crippen LogP contribution >= 0.6 is 0 Å². The van der Waals surface area contributed by atoms with Crippen molar-refractivity contribution in [3.63, 3.8) is 0 Å². The molecule has 21 heavy (non-hydrogen) atoms. The van der Waals surface area contributed by atoms with Gasteiger partial charge in [0.1, 0.15) is 5.69 Å². The van der Waals surface area contributed by atoms with E-state index in [0.717, 1.165) is 17.7 Å². The van der Waals surface area contributed by atoms with Gasteiger partial charge in [-0.2, -0.15) is 0 Å². The number of aromatic nitrogens is 2. The highest BCUT2D eigenvalue weighted by molar-refractivity contribution is 5.92. The number of amides is 1. The summed E-state index contributed by atoms with van der Waals surface area (Å²) in [6, 6.07) is 9.95. The van der Waals surface area contributed by atoms with E-state index >= 15 is 0 Å². The lowest BCUT2D eigenvalue weighted by Crippen LogP contribution is -2.35. The number of aliphatic hydroxyl groups is 1. The van der Waals surface area contributed by atoms with E-state index in [4.69, 9.17) is 5.11 Å². The van der Waals surface area contributed by atoms with Crippen LogP contribution in [-0.4, -0.2) is 45.6 Å². The van der Waals surface area contributed by atoms with Gasteiger partial charge >= 0.3 is 0 Å². The first-order valence-corrected chi connectivity index (χ1v) is 6.93. The zero-order chi connectivity index (χ0) is 15.1. The van der Waals surface area contributed by atoms with Crippen molar-refractivity contribution < 1.29 is 9.90 Å². The van der Waals surface area contributed by atoms with Crippen molar-refractivity contribution in [2.75, 3.05) is 19.7 Å². The maximum atomic E-state index is 12.4. The minimum absolute atomic E-state index is 0.0696. The molecule has 5 nitrogen and oxygen atoms in total. The summed E-state index contributed by atoms with van der Waals surface area (Å²) in [6.45, 7) is 2.59. The lowest BCUT2D eigenvalue weighted by Gasteiger charge is -2.21. The van der Waals surface area contributed by atoms with Gasteiger partial charge in [-0.25, -0.2) is 4.98 Å². The molecule has 1 amide bonds. The number of hydrogen-bond donors (Lipinski definition) is 1. The number of rotatable bonds is 6. The number of aryl methyl sites for hydroxylation is 1. The molecule has 0 fully saturated rings. The fourth-order valence-corrected chi connectivity index (χ4v) is 2.01. The molecule has 0 aliphatic carbocycles.